The van der Waals surface area contributed by atoms with Gasteiger partial charge in [0.05, 0.1) is 6.10 Å². The molecule has 1 N–H and O–H groups in total. The molecule has 0 rings (SSSR count). The van der Waals surface area contributed by atoms with Gasteiger partial charge in [-0.05, 0) is 25.8 Å². The van der Waals surface area contributed by atoms with Crippen molar-refractivity contribution < 1.29 is 5.11 Å². The van der Waals surface area contributed by atoms with E-state index in [0.717, 1.165) is 0 Å². The third kappa shape index (κ3) is 4.57. The van der Waals surface area contributed by atoms with Crippen molar-refractivity contribution in [1.29, 1.82) is 0 Å². The summed E-state index contributed by atoms with van der Waals surface area (Å²) >= 11 is 0. The van der Waals surface area contributed by atoms with Crippen molar-refractivity contribution in [1.82, 2.24) is 0 Å². The Bertz CT molecular complexity index is 173. The highest BCUT2D eigenvalue weighted by Gasteiger charge is 2.01. The van der Waals surface area contributed by atoms with Gasteiger partial charge in [-0.1, -0.05) is 30.9 Å². The monoisotopic (exact) mass is 152 g/mol. The first-order valence-electron chi connectivity index (χ1n) is 3.70. The van der Waals surface area contributed by atoms with Gasteiger partial charge in [0.15, 0.2) is 0 Å². The molecular formula is C10H16O. The minimum atomic E-state index is -0.470. The average molecular weight is 152 g/mol. The van der Waals surface area contributed by atoms with Gasteiger partial charge in [0.1, 0.15) is 0 Å². The number of allylic oxidation sites excluding steroid dienone is 1. The highest BCUT2D eigenvalue weighted by Crippen LogP contribution is 2.06. The van der Waals surface area contributed by atoms with Crippen LogP contribution in [-0.4, -0.2) is 11.2 Å². The van der Waals surface area contributed by atoms with E-state index in [1.807, 2.05) is 19.9 Å². The zero-order valence-corrected chi connectivity index (χ0v) is 7.30. The molecule has 0 aromatic heterocycles. The van der Waals surface area contributed by atoms with Crippen LogP contribution in [0.5, 0.6) is 0 Å². The minimum absolute atomic E-state index is 0.470. The van der Waals surface area contributed by atoms with Gasteiger partial charge in [-0.15, -0.1) is 0 Å². The molecule has 1 heteroatoms. The molecule has 1 nitrogen and oxygen atoms in total. The smallest absolute Gasteiger partial charge is 0.0818 e. The highest BCUT2D eigenvalue weighted by atomic mass is 16.3. The molecule has 11 heavy (non-hydrogen) atoms. The zero-order chi connectivity index (χ0) is 8.85. The Labute approximate surface area is 68.7 Å². The molecule has 0 fully saturated rings. The lowest BCUT2D eigenvalue weighted by Gasteiger charge is -2.06. The molecule has 0 spiro atoms. The number of hydrogen-bond donors (Lipinski definition) is 1. The molecule has 0 aromatic rings. The SMILES string of the molecule is C=CC(=C)C(O)CC=C(C)C. The lowest BCUT2D eigenvalue weighted by atomic mass is 10.1. The first kappa shape index (κ1) is 10.2. The molecule has 0 radical (unpaired) electrons. The normalized spacial score (nSPS) is 11.9. The van der Waals surface area contributed by atoms with Crippen LogP contribution in [0.3, 0.4) is 0 Å². The molecule has 0 aliphatic carbocycles. The van der Waals surface area contributed by atoms with E-state index in [0.29, 0.717) is 12.0 Å². The van der Waals surface area contributed by atoms with Crippen LogP contribution in [0.2, 0.25) is 0 Å². The van der Waals surface area contributed by atoms with Crippen molar-refractivity contribution in [2.45, 2.75) is 26.4 Å². The van der Waals surface area contributed by atoms with Gasteiger partial charge >= 0.3 is 0 Å². The van der Waals surface area contributed by atoms with Crippen LogP contribution in [0.4, 0.5) is 0 Å². The molecule has 0 heterocycles. The lowest BCUT2D eigenvalue weighted by Crippen LogP contribution is -2.05. The molecule has 0 aliphatic heterocycles. The maximum atomic E-state index is 9.35. The standard InChI is InChI=1S/C10H16O/c1-5-9(4)10(11)7-6-8(2)3/h5-6,10-11H,1,4,7H2,2-3H3. The first-order chi connectivity index (χ1) is 5.07. The van der Waals surface area contributed by atoms with Gasteiger partial charge in [-0.3, -0.25) is 0 Å². The predicted molar refractivity (Wildman–Crippen MR) is 49.4 cm³/mol. The van der Waals surface area contributed by atoms with Gasteiger partial charge in [-0.2, -0.15) is 0 Å². The van der Waals surface area contributed by atoms with Gasteiger partial charge in [0.2, 0.25) is 0 Å². The fourth-order valence-corrected chi connectivity index (χ4v) is 0.635. The van der Waals surface area contributed by atoms with Crippen LogP contribution in [0.1, 0.15) is 20.3 Å². The van der Waals surface area contributed by atoms with Crippen molar-refractivity contribution in [3.05, 3.63) is 36.5 Å². The molecule has 0 aromatic carbocycles. The Kier molecular flexibility index (Phi) is 4.55. The predicted octanol–water partition coefficient (Wildman–Crippen LogP) is 2.45. The topological polar surface area (TPSA) is 20.2 Å². The molecule has 1 atom stereocenters. The van der Waals surface area contributed by atoms with Crippen LogP contribution in [0, 0.1) is 0 Å². The third-order valence-corrected chi connectivity index (χ3v) is 1.44. The summed E-state index contributed by atoms with van der Waals surface area (Å²) in [6.07, 6.45) is 3.73. The lowest BCUT2D eigenvalue weighted by molar-refractivity contribution is 0.218. The molecule has 62 valence electrons. The Morgan fingerprint density at radius 1 is 1.55 bits per heavy atom. The Balaban J connectivity index is 3.87. The summed E-state index contributed by atoms with van der Waals surface area (Å²) in [5.41, 5.74) is 1.89. The van der Waals surface area contributed by atoms with Crippen LogP contribution in [0.25, 0.3) is 0 Å². The molecule has 0 aliphatic rings. The van der Waals surface area contributed by atoms with Crippen LogP contribution >= 0.6 is 0 Å². The third-order valence-electron chi connectivity index (χ3n) is 1.44. The van der Waals surface area contributed by atoms with Gasteiger partial charge in [0.25, 0.3) is 0 Å². The minimum Gasteiger partial charge on any atom is -0.388 e. The van der Waals surface area contributed by atoms with E-state index in [1.165, 1.54) is 5.57 Å². The van der Waals surface area contributed by atoms with E-state index < -0.39 is 6.10 Å². The fourth-order valence-electron chi connectivity index (χ4n) is 0.635. The summed E-state index contributed by atoms with van der Waals surface area (Å²) in [5.74, 6) is 0. The number of hydrogen-bond acceptors (Lipinski definition) is 1. The van der Waals surface area contributed by atoms with Crippen LogP contribution < -0.4 is 0 Å². The largest absolute Gasteiger partial charge is 0.388 e. The molecule has 0 saturated carbocycles. The molecular weight excluding hydrogens is 136 g/mol. The Hall–Kier alpha value is -0.820. The fraction of sp³-hybridized carbons (Fsp3) is 0.400. The van der Waals surface area contributed by atoms with E-state index >= 15 is 0 Å². The van der Waals surface area contributed by atoms with Gasteiger partial charge in [-0.25, -0.2) is 0 Å². The summed E-state index contributed by atoms with van der Waals surface area (Å²) in [5, 5.41) is 9.35. The highest BCUT2D eigenvalue weighted by molar-refractivity contribution is 5.17. The summed E-state index contributed by atoms with van der Waals surface area (Å²) < 4.78 is 0. The molecule has 1 unspecified atom stereocenters. The van der Waals surface area contributed by atoms with E-state index in [2.05, 4.69) is 13.2 Å². The molecule has 0 saturated heterocycles. The number of rotatable bonds is 4. The summed E-state index contributed by atoms with van der Waals surface area (Å²) in [7, 11) is 0. The summed E-state index contributed by atoms with van der Waals surface area (Å²) in [6, 6.07) is 0. The number of aliphatic hydroxyl groups excluding tert-OH is 1. The second kappa shape index (κ2) is 4.91. The Morgan fingerprint density at radius 2 is 2.09 bits per heavy atom. The van der Waals surface area contributed by atoms with E-state index in [9.17, 15) is 5.11 Å². The van der Waals surface area contributed by atoms with Crippen LogP contribution in [0.15, 0.2) is 36.5 Å². The first-order valence-corrected chi connectivity index (χ1v) is 3.70. The van der Waals surface area contributed by atoms with Gasteiger partial charge < -0.3 is 5.11 Å². The molecule has 0 bridgehead atoms. The van der Waals surface area contributed by atoms with Crippen molar-refractivity contribution in [2.75, 3.05) is 0 Å². The maximum absolute atomic E-state index is 9.35. The van der Waals surface area contributed by atoms with Gasteiger partial charge in [0, 0.05) is 0 Å². The Morgan fingerprint density at radius 3 is 2.45 bits per heavy atom. The van der Waals surface area contributed by atoms with Crippen LogP contribution in [-0.2, 0) is 0 Å². The second-order valence-corrected chi connectivity index (χ2v) is 2.81. The van der Waals surface area contributed by atoms with Crippen molar-refractivity contribution >= 4 is 0 Å². The van der Waals surface area contributed by atoms with E-state index in [-0.39, 0.29) is 0 Å². The number of aliphatic hydroxyl groups is 1. The quantitative estimate of drug-likeness (QED) is 0.484. The maximum Gasteiger partial charge on any atom is 0.0818 e. The summed E-state index contributed by atoms with van der Waals surface area (Å²) in [6.45, 7) is 11.2. The van der Waals surface area contributed by atoms with E-state index in [4.69, 9.17) is 0 Å². The summed E-state index contributed by atoms with van der Waals surface area (Å²) in [4.78, 5) is 0. The second-order valence-electron chi connectivity index (χ2n) is 2.81. The zero-order valence-electron chi connectivity index (χ0n) is 7.30. The van der Waals surface area contributed by atoms with Crippen molar-refractivity contribution in [2.24, 2.45) is 0 Å². The van der Waals surface area contributed by atoms with E-state index in [1.54, 1.807) is 6.08 Å². The molecule has 0 amide bonds. The average Bonchev–Trinajstić information content (AvgIpc) is 1.98. The van der Waals surface area contributed by atoms with Crippen molar-refractivity contribution in [3.63, 3.8) is 0 Å². The van der Waals surface area contributed by atoms with Crippen molar-refractivity contribution in [3.8, 4) is 0 Å².